The molecular weight excluding hydrogens is 510 g/mol. The van der Waals surface area contributed by atoms with Crippen molar-refractivity contribution in [1.29, 1.82) is 0 Å². The van der Waals surface area contributed by atoms with Gasteiger partial charge in [0.15, 0.2) is 5.69 Å². The molecule has 0 bridgehead atoms. The van der Waals surface area contributed by atoms with Gasteiger partial charge in [-0.25, -0.2) is 9.97 Å². The Hall–Kier alpha value is -3.73. The molecule has 1 aromatic carbocycles. The molecule has 200 valence electrons. The Morgan fingerprint density at radius 2 is 1.84 bits per heavy atom. The normalized spacial score (nSPS) is 16.9. The van der Waals surface area contributed by atoms with Gasteiger partial charge in [-0.1, -0.05) is 11.6 Å². The summed E-state index contributed by atoms with van der Waals surface area (Å²) < 4.78 is 17.0. The van der Waals surface area contributed by atoms with E-state index in [1.165, 1.54) is 12.4 Å². The zero-order valence-electron chi connectivity index (χ0n) is 21.0. The molecule has 10 nitrogen and oxygen atoms in total. The van der Waals surface area contributed by atoms with Crippen molar-refractivity contribution in [2.24, 2.45) is 5.73 Å². The quantitative estimate of drug-likeness (QED) is 0.324. The lowest BCUT2D eigenvalue weighted by molar-refractivity contribution is 0.101. The summed E-state index contributed by atoms with van der Waals surface area (Å²) in [5.74, 6) is 0.251. The van der Waals surface area contributed by atoms with E-state index in [9.17, 15) is 9.59 Å². The van der Waals surface area contributed by atoms with Gasteiger partial charge in [0.1, 0.15) is 23.9 Å². The average Bonchev–Trinajstić information content (AvgIpc) is 2.92. The highest BCUT2D eigenvalue weighted by atomic mass is 35.5. The van der Waals surface area contributed by atoms with Crippen molar-refractivity contribution in [1.82, 2.24) is 9.97 Å². The number of benzene rings is 1. The summed E-state index contributed by atoms with van der Waals surface area (Å²) >= 11 is 5.86. The second kappa shape index (κ2) is 13.2. The molecule has 4 rings (SSSR count). The van der Waals surface area contributed by atoms with Gasteiger partial charge in [0.2, 0.25) is 0 Å². The molecule has 0 aliphatic heterocycles. The highest BCUT2D eigenvalue weighted by Gasteiger charge is 2.24. The fourth-order valence-corrected chi connectivity index (χ4v) is 4.12. The van der Waals surface area contributed by atoms with Crippen molar-refractivity contribution in [3.63, 3.8) is 0 Å². The van der Waals surface area contributed by atoms with Crippen LogP contribution in [0.2, 0.25) is 5.02 Å². The summed E-state index contributed by atoms with van der Waals surface area (Å²) in [6.07, 6.45) is 6.11. The molecule has 1 aliphatic rings. The van der Waals surface area contributed by atoms with Gasteiger partial charge in [-0.2, -0.15) is 0 Å². The molecule has 0 spiro atoms. The standard InChI is InChI=1S/C27H30ClN5O5/c1-36-13-14-37-20-9-10-21(23(15-20)38-19-7-5-18(29)6-8-19)26(34)32-22-3-2-12-30-25(22)27(35)33-24-11-4-17(28)16-31-24/h2-4,9-12,15-16,18-19H,5-8,13-14,29H2,1H3,(H,32,34)(H,31,33,35). The fourth-order valence-electron chi connectivity index (χ4n) is 4.01. The third kappa shape index (κ3) is 7.41. The number of hydrogen-bond donors (Lipinski definition) is 3. The molecule has 1 fully saturated rings. The van der Waals surface area contributed by atoms with Gasteiger partial charge in [-0.15, -0.1) is 0 Å². The molecule has 3 aromatic rings. The van der Waals surface area contributed by atoms with Gasteiger partial charge in [0.05, 0.1) is 29.0 Å². The van der Waals surface area contributed by atoms with Crippen molar-refractivity contribution in [2.45, 2.75) is 37.8 Å². The van der Waals surface area contributed by atoms with E-state index >= 15 is 0 Å². The van der Waals surface area contributed by atoms with Gasteiger partial charge < -0.3 is 30.6 Å². The van der Waals surface area contributed by atoms with E-state index in [0.717, 1.165) is 25.7 Å². The predicted molar refractivity (Wildman–Crippen MR) is 144 cm³/mol. The van der Waals surface area contributed by atoms with Gasteiger partial charge >= 0.3 is 0 Å². The summed E-state index contributed by atoms with van der Waals surface area (Å²) in [4.78, 5) is 34.5. The van der Waals surface area contributed by atoms with Crippen molar-refractivity contribution in [3.8, 4) is 11.5 Å². The van der Waals surface area contributed by atoms with Crippen molar-refractivity contribution in [3.05, 3.63) is 71.1 Å². The van der Waals surface area contributed by atoms with Gasteiger partial charge in [0, 0.05) is 31.6 Å². The lowest BCUT2D eigenvalue weighted by Gasteiger charge is -2.27. The Bertz CT molecular complexity index is 1250. The molecule has 2 amide bonds. The summed E-state index contributed by atoms with van der Waals surface area (Å²) in [5.41, 5.74) is 6.60. The molecule has 0 atom stereocenters. The third-order valence-electron chi connectivity index (χ3n) is 6.01. The average molecular weight is 540 g/mol. The number of nitrogens with two attached hydrogens (primary N) is 1. The maximum Gasteiger partial charge on any atom is 0.277 e. The summed E-state index contributed by atoms with van der Waals surface area (Å²) in [7, 11) is 1.60. The van der Waals surface area contributed by atoms with Crippen LogP contribution in [0.5, 0.6) is 11.5 Å². The molecule has 38 heavy (non-hydrogen) atoms. The van der Waals surface area contributed by atoms with E-state index in [1.54, 1.807) is 49.6 Å². The van der Waals surface area contributed by atoms with Crippen molar-refractivity contribution < 1.29 is 23.8 Å². The van der Waals surface area contributed by atoms with Crippen molar-refractivity contribution >= 4 is 34.9 Å². The molecular formula is C27H30ClN5O5. The number of nitrogens with zero attached hydrogens (tertiary/aromatic N) is 2. The number of anilines is 2. The van der Waals surface area contributed by atoms with Crippen molar-refractivity contribution in [2.75, 3.05) is 31.0 Å². The summed E-state index contributed by atoms with van der Waals surface area (Å²) in [5, 5.41) is 5.89. The SMILES string of the molecule is COCCOc1ccc(C(=O)Nc2cccnc2C(=O)Nc2ccc(Cl)cn2)c(OC2CCC(N)CC2)c1. The van der Waals surface area contributed by atoms with E-state index in [4.69, 9.17) is 31.5 Å². The highest BCUT2D eigenvalue weighted by Crippen LogP contribution is 2.30. The van der Waals surface area contributed by atoms with Crippen LogP contribution in [0.3, 0.4) is 0 Å². The van der Waals surface area contributed by atoms with Crippen LogP contribution >= 0.6 is 11.6 Å². The molecule has 1 aliphatic carbocycles. The summed E-state index contributed by atoms with van der Waals surface area (Å²) in [6.45, 7) is 0.784. The first-order valence-electron chi connectivity index (χ1n) is 12.3. The largest absolute Gasteiger partial charge is 0.491 e. The number of pyridine rings is 2. The number of halogens is 1. The van der Waals surface area contributed by atoms with E-state index in [1.807, 2.05) is 0 Å². The minimum Gasteiger partial charge on any atom is -0.491 e. The second-order valence-corrected chi connectivity index (χ2v) is 9.26. The molecule has 1 saturated carbocycles. The number of ether oxygens (including phenoxy) is 3. The predicted octanol–water partition coefficient (Wildman–Crippen LogP) is 4.31. The van der Waals surface area contributed by atoms with Crippen LogP contribution in [0.4, 0.5) is 11.5 Å². The first-order chi connectivity index (χ1) is 18.4. The zero-order chi connectivity index (χ0) is 26.9. The van der Waals surface area contributed by atoms with E-state index < -0.39 is 11.8 Å². The molecule has 2 heterocycles. The van der Waals surface area contributed by atoms with Crippen LogP contribution in [-0.2, 0) is 4.74 Å². The van der Waals surface area contributed by atoms with Gasteiger partial charge in [-0.05, 0) is 62.1 Å². The molecule has 0 radical (unpaired) electrons. The first-order valence-corrected chi connectivity index (χ1v) is 12.7. The molecule has 0 unspecified atom stereocenters. The van der Waals surface area contributed by atoms with Gasteiger partial charge in [-0.3, -0.25) is 9.59 Å². The van der Waals surface area contributed by atoms with E-state index in [-0.39, 0.29) is 23.5 Å². The molecule has 11 heteroatoms. The number of aromatic nitrogens is 2. The van der Waals surface area contributed by atoms with Crippen LogP contribution < -0.4 is 25.8 Å². The van der Waals surface area contributed by atoms with E-state index in [0.29, 0.717) is 41.1 Å². The monoisotopic (exact) mass is 539 g/mol. The Morgan fingerprint density at radius 3 is 2.58 bits per heavy atom. The number of carbonyl (C=O) groups is 2. The van der Waals surface area contributed by atoms with Crippen LogP contribution in [0.25, 0.3) is 0 Å². The minimum absolute atomic E-state index is 0.0286. The Kier molecular flexibility index (Phi) is 9.47. The second-order valence-electron chi connectivity index (χ2n) is 8.82. The van der Waals surface area contributed by atoms with E-state index in [2.05, 4.69) is 20.6 Å². The number of rotatable bonds is 10. The minimum atomic E-state index is -0.535. The number of hydrogen-bond acceptors (Lipinski definition) is 8. The number of nitrogens with one attached hydrogen (secondary N) is 2. The highest BCUT2D eigenvalue weighted by molar-refractivity contribution is 6.30. The number of methoxy groups -OCH3 is 1. The van der Waals surface area contributed by atoms with Crippen LogP contribution in [0, 0.1) is 0 Å². The smallest absolute Gasteiger partial charge is 0.277 e. The maximum absolute atomic E-state index is 13.4. The maximum atomic E-state index is 13.4. The lowest BCUT2D eigenvalue weighted by atomic mass is 9.93. The zero-order valence-corrected chi connectivity index (χ0v) is 21.7. The number of carbonyl (C=O) groups excluding carboxylic acids is 2. The lowest BCUT2D eigenvalue weighted by Crippen LogP contribution is -2.32. The number of amides is 2. The topological polar surface area (TPSA) is 138 Å². The van der Waals surface area contributed by atoms with Gasteiger partial charge in [0.25, 0.3) is 11.8 Å². The molecule has 0 saturated heterocycles. The Labute approximate surface area is 225 Å². The third-order valence-corrected chi connectivity index (χ3v) is 6.23. The molecule has 2 aromatic heterocycles. The Morgan fingerprint density at radius 1 is 1.03 bits per heavy atom. The first kappa shape index (κ1) is 27.3. The van der Waals surface area contributed by atoms with Crippen LogP contribution in [0.15, 0.2) is 54.9 Å². The summed E-state index contributed by atoms with van der Waals surface area (Å²) in [6, 6.07) is 11.6. The molecule has 4 N–H and O–H groups in total. The Balaban J connectivity index is 1.54. The van der Waals surface area contributed by atoms with Crippen LogP contribution in [-0.4, -0.2) is 54.3 Å². The fraction of sp³-hybridized carbons (Fsp3) is 0.333. The van der Waals surface area contributed by atoms with Crippen LogP contribution in [0.1, 0.15) is 46.5 Å².